The van der Waals surface area contributed by atoms with Gasteiger partial charge in [0, 0.05) is 60.6 Å². The number of nitrogens with two attached hydrogens (primary N) is 2. The third-order valence-corrected chi connectivity index (χ3v) is 13.2. The summed E-state index contributed by atoms with van der Waals surface area (Å²) in [5.41, 5.74) is 12.9. The topological polar surface area (TPSA) is 313 Å². The fourth-order valence-electron chi connectivity index (χ4n) is 7.27. The fourth-order valence-corrected chi connectivity index (χ4v) is 9.27. The number of amides is 4. The number of nitrogens with one attached hydrogen (secondary N) is 3. The third-order valence-electron chi connectivity index (χ3n) is 10.9. The molecule has 10 N–H and O–H groups in total. The van der Waals surface area contributed by atoms with Crippen LogP contribution in [0, 0.1) is 17.0 Å². The summed E-state index contributed by atoms with van der Waals surface area (Å²) in [6, 6.07) is 11.5. The summed E-state index contributed by atoms with van der Waals surface area (Å²) in [6.07, 6.45) is 1.52. The average Bonchev–Trinajstić information content (AvgIpc) is 3.76. The lowest BCUT2D eigenvalue weighted by molar-refractivity contribution is -0.141. The third kappa shape index (κ3) is 24.3. The number of aliphatic carboxylic acids is 3. The highest BCUT2D eigenvalue weighted by molar-refractivity contribution is 8.00. The summed E-state index contributed by atoms with van der Waals surface area (Å²) in [7, 11) is 0. The highest BCUT2D eigenvalue weighted by atomic mass is 32.2. The van der Waals surface area contributed by atoms with Crippen LogP contribution in [0.5, 0.6) is 0 Å². The van der Waals surface area contributed by atoms with Gasteiger partial charge in [0.2, 0.25) is 23.6 Å². The molecule has 0 unspecified atom stereocenters. The maximum Gasteiger partial charge on any atom is 0.327 e. The van der Waals surface area contributed by atoms with Gasteiger partial charge in [-0.15, -0.1) is 23.5 Å². The molecule has 3 aromatic rings. The van der Waals surface area contributed by atoms with Crippen molar-refractivity contribution in [3.8, 4) is 11.1 Å². The lowest BCUT2D eigenvalue weighted by atomic mass is 9.83. The van der Waals surface area contributed by atoms with Gasteiger partial charge in [-0.25, -0.2) is 13.6 Å². The van der Waals surface area contributed by atoms with Crippen molar-refractivity contribution in [3.63, 3.8) is 0 Å². The Morgan fingerprint density at radius 2 is 1.44 bits per heavy atom. The number of carbonyl (C=O) groups excluding carboxylic acids is 4. The molecule has 0 aliphatic rings. The first-order valence-electron chi connectivity index (χ1n) is 24.2. The second kappa shape index (κ2) is 34.1. The molecular formula is C50H71F2N7O14S2. The smallest absolute Gasteiger partial charge is 0.327 e. The van der Waals surface area contributed by atoms with E-state index in [9.17, 15) is 43.1 Å². The number of ether oxygens (including phenoxy) is 4. The number of carboxylic acid groups (broad SMARTS) is 3. The van der Waals surface area contributed by atoms with E-state index in [1.165, 1.54) is 0 Å². The predicted molar refractivity (Wildman–Crippen MR) is 278 cm³/mol. The Labute approximate surface area is 443 Å². The minimum Gasteiger partial charge on any atom is -0.481 e. The molecule has 0 saturated carbocycles. The quantitative estimate of drug-likeness (QED) is 0.0383. The maximum absolute atomic E-state index is 15.2. The number of hydrogen-bond acceptors (Lipinski definition) is 15. The first-order valence-corrected chi connectivity index (χ1v) is 26.4. The lowest BCUT2D eigenvalue weighted by Crippen LogP contribution is -2.45. The Morgan fingerprint density at radius 1 is 0.800 bits per heavy atom. The molecule has 25 heteroatoms. The first-order chi connectivity index (χ1) is 35.7. The van der Waals surface area contributed by atoms with Crippen LogP contribution < -0.4 is 27.4 Å². The number of aromatic nitrogens is 1. The molecular weight excluding hydrogens is 1020 g/mol. The minimum atomic E-state index is -1.29. The van der Waals surface area contributed by atoms with E-state index >= 15 is 4.39 Å². The predicted octanol–water partition coefficient (Wildman–Crippen LogP) is 2.73. The van der Waals surface area contributed by atoms with Gasteiger partial charge in [-0.2, -0.15) is 0 Å². The van der Waals surface area contributed by atoms with E-state index in [-0.39, 0.29) is 101 Å². The molecule has 1 heterocycles. The Balaban J connectivity index is 1.36. The molecule has 0 aliphatic carbocycles. The van der Waals surface area contributed by atoms with E-state index in [0.717, 1.165) is 47.3 Å². The highest BCUT2D eigenvalue weighted by Gasteiger charge is 2.37. The maximum atomic E-state index is 15.2. The fraction of sp³-hybridized carbons (Fsp3) is 0.540. The number of thioether (sulfide) groups is 2. The molecule has 75 heavy (non-hydrogen) atoms. The van der Waals surface area contributed by atoms with E-state index in [2.05, 4.69) is 16.0 Å². The van der Waals surface area contributed by atoms with E-state index in [4.69, 9.17) is 40.6 Å². The number of carboxylic acids is 3. The van der Waals surface area contributed by atoms with E-state index in [1.807, 2.05) is 55.7 Å². The van der Waals surface area contributed by atoms with Crippen molar-refractivity contribution in [2.24, 2.45) is 16.9 Å². The Kier molecular flexibility index (Phi) is 28.9. The number of benzene rings is 2. The highest BCUT2D eigenvalue weighted by Crippen LogP contribution is 2.41. The SMILES string of the molecule is CC(C)(C)[C@H](c1cc(-c2cc(F)ccc2F)cn1Cc1ccccc1)N(CCCN)C(=O)CSC[C@H](NC(=O)CCOCCOCCOCCOCCNC(=O)CNC(=O)[C@H](CC(=O)O)SC[C@H](N)C(=O)O)C(=O)O. The Morgan fingerprint density at radius 3 is 2.04 bits per heavy atom. The Bertz CT molecular complexity index is 2290. The Hall–Kier alpha value is -5.67. The van der Waals surface area contributed by atoms with Gasteiger partial charge in [-0.05, 0) is 48.2 Å². The molecule has 0 fully saturated rings. The van der Waals surface area contributed by atoms with Crippen LogP contribution in [-0.2, 0) is 59.1 Å². The van der Waals surface area contributed by atoms with Crippen molar-refractivity contribution < 1.29 is 76.6 Å². The summed E-state index contributed by atoms with van der Waals surface area (Å²) >= 11 is 1.83. The van der Waals surface area contributed by atoms with Crippen LogP contribution in [0.3, 0.4) is 0 Å². The number of halogens is 2. The van der Waals surface area contributed by atoms with Crippen molar-refractivity contribution in [2.45, 2.75) is 70.0 Å². The number of nitrogens with zero attached hydrogens (tertiary/aromatic N) is 2. The molecule has 21 nitrogen and oxygen atoms in total. The summed E-state index contributed by atoms with van der Waals surface area (Å²) in [6.45, 7) is 8.03. The monoisotopic (exact) mass is 1100 g/mol. The average molecular weight is 1100 g/mol. The van der Waals surface area contributed by atoms with Crippen LogP contribution in [0.4, 0.5) is 8.78 Å². The standard InChI is InChI=1S/C50H71F2N7O14S2/c1-50(2,3)46(40-24-34(36-25-35(51)10-11-37(36)52)29-58(40)28-33-8-5-4-6-9-33)59(15-7-13-53)44(62)32-74-31-39(49(68)69)57-42(60)12-16-70-18-20-72-22-23-73-21-19-71-17-14-55-43(61)27-56-47(65)41(26-45(63)64)75-30-38(54)48(66)67/h4-6,8-11,24-25,29,38-39,41,46H,7,12-23,26-28,30-32,53-54H2,1-3H3,(H,55,61)(H,56,65)(H,57,60)(H,63,64)(H,66,67)(H,68,69)/t38-,39-,41-,46-/m0/s1. The van der Waals surface area contributed by atoms with Crippen LogP contribution in [0.1, 0.15) is 57.3 Å². The summed E-state index contributed by atoms with van der Waals surface area (Å²) < 4.78 is 53.3. The van der Waals surface area contributed by atoms with Gasteiger partial charge in [0.25, 0.3) is 0 Å². The normalized spacial score (nSPS) is 13.1. The van der Waals surface area contributed by atoms with E-state index < -0.39 is 89.0 Å². The van der Waals surface area contributed by atoms with E-state index in [0.29, 0.717) is 30.8 Å². The van der Waals surface area contributed by atoms with Gasteiger partial charge in [0.1, 0.15) is 23.7 Å². The van der Waals surface area contributed by atoms with Crippen LogP contribution >= 0.6 is 23.5 Å². The van der Waals surface area contributed by atoms with Gasteiger partial charge < -0.3 is 71.2 Å². The van der Waals surface area contributed by atoms with Crippen molar-refractivity contribution in [1.82, 2.24) is 25.4 Å². The molecule has 0 radical (unpaired) electrons. The van der Waals surface area contributed by atoms with Gasteiger partial charge >= 0.3 is 17.9 Å². The van der Waals surface area contributed by atoms with Crippen LogP contribution in [-0.4, -0.2) is 180 Å². The molecule has 0 bridgehead atoms. The van der Waals surface area contributed by atoms with Crippen molar-refractivity contribution in [1.29, 1.82) is 0 Å². The summed E-state index contributed by atoms with van der Waals surface area (Å²) in [4.78, 5) is 87.3. The van der Waals surface area contributed by atoms with Gasteiger partial charge in [0.15, 0.2) is 0 Å². The molecule has 4 atom stereocenters. The summed E-state index contributed by atoms with van der Waals surface area (Å²) in [5, 5.41) is 34.1. The molecule has 0 spiro atoms. The van der Waals surface area contributed by atoms with Gasteiger partial charge in [-0.1, -0.05) is 51.1 Å². The second-order valence-corrected chi connectivity index (χ2v) is 20.3. The molecule has 3 rings (SSSR count). The second-order valence-electron chi connectivity index (χ2n) is 18.0. The van der Waals surface area contributed by atoms with Crippen LogP contribution in [0.2, 0.25) is 0 Å². The van der Waals surface area contributed by atoms with Crippen molar-refractivity contribution >= 4 is 65.1 Å². The lowest BCUT2D eigenvalue weighted by Gasteiger charge is -2.41. The molecule has 2 aromatic carbocycles. The molecule has 1 aromatic heterocycles. The van der Waals surface area contributed by atoms with E-state index in [1.54, 1.807) is 17.2 Å². The molecule has 416 valence electrons. The molecule has 4 amide bonds. The molecule has 0 aliphatic heterocycles. The zero-order chi connectivity index (χ0) is 55.3. The number of carbonyl (C=O) groups is 7. The number of rotatable bonds is 38. The minimum absolute atomic E-state index is 0.00185. The van der Waals surface area contributed by atoms with Gasteiger partial charge in [0.05, 0.1) is 82.9 Å². The molecule has 0 saturated heterocycles. The van der Waals surface area contributed by atoms with Gasteiger partial charge in [-0.3, -0.25) is 28.8 Å². The number of hydrogen-bond donors (Lipinski definition) is 8. The zero-order valence-corrected chi connectivity index (χ0v) is 44.1. The van der Waals surface area contributed by atoms with Crippen LogP contribution in [0.15, 0.2) is 60.8 Å². The van der Waals surface area contributed by atoms with Crippen LogP contribution in [0.25, 0.3) is 11.1 Å². The summed E-state index contributed by atoms with van der Waals surface area (Å²) in [5.74, 6) is -7.57. The first kappa shape index (κ1) is 63.6. The van der Waals surface area contributed by atoms with Crippen molar-refractivity contribution in [2.75, 3.05) is 96.3 Å². The largest absolute Gasteiger partial charge is 0.481 e. The zero-order valence-electron chi connectivity index (χ0n) is 42.5. The van der Waals surface area contributed by atoms with Crippen molar-refractivity contribution in [3.05, 3.63) is 83.7 Å².